The number of ether oxygens (including phenoxy) is 1. The smallest absolute Gasteiger partial charge is 0.338 e. The predicted molar refractivity (Wildman–Crippen MR) is 94.9 cm³/mol. The van der Waals surface area contributed by atoms with E-state index in [-0.39, 0.29) is 18.1 Å². The summed E-state index contributed by atoms with van der Waals surface area (Å²) in [7, 11) is 1.44. The molecule has 2 amide bonds. The lowest BCUT2D eigenvalue weighted by molar-refractivity contribution is -0.138. The van der Waals surface area contributed by atoms with E-state index in [9.17, 15) is 9.59 Å². The van der Waals surface area contributed by atoms with Crippen molar-refractivity contribution in [2.24, 2.45) is 0 Å². The molecule has 134 valence electrons. The molecule has 0 spiro atoms. The SMILES string of the molecule is C=CCOC(=O)C1=C(C)NC(=N)N(C(=O)NC)C1c1ccc(C#N)cc1. The summed E-state index contributed by atoms with van der Waals surface area (Å²) >= 11 is 0. The van der Waals surface area contributed by atoms with Crippen LogP contribution < -0.4 is 10.6 Å². The van der Waals surface area contributed by atoms with Crippen LogP contribution in [0, 0.1) is 16.7 Å². The minimum Gasteiger partial charge on any atom is -0.458 e. The van der Waals surface area contributed by atoms with Crippen molar-refractivity contribution in [1.82, 2.24) is 15.5 Å². The summed E-state index contributed by atoms with van der Waals surface area (Å²) in [5, 5.41) is 22.3. The largest absolute Gasteiger partial charge is 0.458 e. The molecule has 1 aromatic rings. The van der Waals surface area contributed by atoms with Crippen LogP contribution >= 0.6 is 0 Å². The maximum Gasteiger partial charge on any atom is 0.338 e. The van der Waals surface area contributed by atoms with Gasteiger partial charge in [-0.15, -0.1) is 0 Å². The third kappa shape index (κ3) is 3.57. The minimum absolute atomic E-state index is 0.0210. The van der Waals surface area contributed by atoms with Crippen LogP contribution in [0.1, 0.15) is 24.1 Å². The van der Waals surface area contributed by atoms with Gasteiger partial charge >= 0.3 is 12.0 Å². The van der Waals surface area contributed by atoms with Gasteiger partial charge in [0.25, 0.3) is 0 Å². The lowest BCUT2D eigenvalue weighted by Gasteiger charge is -2.37. The maximum atomic E-state index is 12.6. The highest BCUT2D eigenvalue weighted by Gasteiger charge is 2.40. The number of guanidine groups is 1. The van der Waals surface area contributed by atoms with Crippen LogP contribution in [0.25, 0.3) is 0 Å². The minimum atomic E-state index is -0.867. The first kappa shape index (κ1) is 18.7. The van der Waals surface area contributed by atoms with E-state index in [1.165, 1.54) is 13.1 Å². The van der Waals surface area contributed by atoms with Gasteiger partial charge in [-0.1, -0.05) is 24.8 Å². The van der Waals surface area contributed by atoms with Crippen molar-refractivity contribution in [3.8, 4) is 6.07 Å². The molecular weight excluding hydrogens is 334 g/mol. The van der Waals surface area contributed by atoms with Crippen molar-refractivity contribution in [3.63, 3.8) is 0 Å². The summed E-state index contributed by atoms with van der Waals surface area (Å²) in [6, 6.07) is 7.06. The first-order valence-corrected chi connectivity index (χ1v) is 7.80. The monoisotopic (exact) mass is 353 g/mol. The molecule has 0 aliphatic carbocycles. The quantitative estimate of drug-likeness (QED) is 0.563. The van der Waals surface area contributed by atoms with E-state index in [1.54, 1.807) is 31.2 Å². The van der Waals surface area contributed by atoms with Gasteiger partial charge in [-0.3, -0.25) is 10.3 Å². The Kier molecular flexibility index (Phi) is 5.75. The molecule has 0 saturated carbocycles. The van der Waals surface area contributed by atoms with Crippen LogP contribution in [0.3, 0.4) is 0 Å². The van der Waals surface area contributed by atoms with Gasteiger partial charge < -0.3 is 15.4 Å². The van der Waals surface area contributed by atoms with E-state index in [2.05, 4.69) is 17.2 Å². The number of hydrogen-bond acceptors (Lipinski definition) is 5. The van der Waals surface area contributed by atoms with Gasteiger partial charge in [-0.25, -0.2) is 9.59 Å². The molecule has 0 bridgehead atoms. The third-order valence-corrected chi connectivity index (χ3v) is 3.82. The summed E-state index contributed by atoms with van der Waals surface area (Å²) in [5.74, 6) is -0.790. The highest BCUT2D eigenvalue weighted by molar-refractivity contribution is 6.02. The number of nitrogens with one attached hydrogen (secondary N) is 3. The van der Waals surface area contributed by atoms with Gasteiger partial charge in [0.15, 0.2) is 0 Å². The highest BCUT2D eigenvalue weighted by Crippen LogP contribution is 2.34. The molecule has 1 aliphatic heterocycles. The molecule has 8 nitrogen and oxygen atoms in total. The first-order chi connectivity index (χ1) is 12.4. The second-order valence-corrected chi connectivity index (χ2v) is 5.46. The molecule has 0 saturated heterocycles. The van der Waals surface area contributed by atoms with Gasteiger partial charge in [-0.05, 0) is 24.6 Å². The zero-order valence-electron chi connectivity index (χ0n) is 14.5. The molecule has 1 unspecified atom stereocenters. The molecule has 1 heterocycles. The van der Waals surface area contributed by atoms with Crippen molar-refractivity contribution >= 4 is 18.0 Å². The summed E-state index contributed by atoms with van der Waals surface area (Å²) in [5.41, 5.74) is 1.64. The number of hydrogen-bond donors (Lipinski definition) is 3. The molecule has 1 atom stereocenters. The van der Waals surface area contributed by atoms with Crippen LogP contribution in [0.2, 0.25) is 0 Å². The van der Waals surface area contributed by atoms with Crippen LogP contribution in [0.5, 0.6) is 0 Å². The molecule has 1 aromatic carbocycles. The lowest BCUT2D eigenvalue weighted by Crippen LogP contribution is -2.54. The zero-order valence-corrected chi connectivity index (χ0v) is 14.5. The van der Waals surface area contributed by atoms with Crippen molar-refractivity contribution in [1.29, 1.82) is 10.7 Å². The molecular formula is C18H19N5O3. The average Bonchev–Trinajstić information content (AvgIpc) is 2.65. The fourth-order valence-electron chi connectivity index (χ4n) is 2.64. The predicted octanol–water partition coefficient (Wildman–Crippen LogP) is 1.78. The van der Waals surface area contributed by atoms with E-state index < -0.39 is 18.0 Å². The van der Waals surface area contributed by atoms with Gasteiger partial charge in [0.1, 0.15) is 12.6 Å². The number of benzene rings is 1. The molecule has 26 heavy (non-hydrogen) atoms. The second-order valence-electron chi connectivity index (χ2n) is 5.46. The molecule has 3 N–H and O–H groups in total. The van der Waals surface area contributed by atoms with Crippen LogP contribution in [0.15, 0.2) is 48.2 Å². The van der Waals surface area contributed by atoms with Crippen LogP contribution in [-0.4, -0.2) is 36.5 Å². The van der Waals surface area contributed by atoms with Crippen LogP contribution in [-0.2, 0) is 9.53 Å². The number of allylic oxidation sites excluding steroid dienone is 1. The first-order valence-electron chi connectivity index (χ1n) is 7.80. The highest BCUT2D eigenvalue weighted by atomic mass is 16.5. The number of nitrogens with zero attached hydrogens (tertiary/aromatic N) is 2. The molecule has 1 aliphatic rings. The van der Waals surface area contributed by atoms with Gasteiger partial charge in [0.2, 0.25) is 5.96 Å². The molecule has 8 heteroatoms. The molecule has 0 fully saturated rings. The molecule has 0 radical (unpaired) electrons. The van der Waals surface area contributed by atoms with E-state index in [0.717, 1.165) is 4.90 Å². The van der Waals surface area contributed by atoms with Crippen molar-refractivity contribution in [2.75, 3.05) is 13.7 Å². The summed E-state index contributed by atoms with van der Waals surface area (Å²) < 4.78 is 5.16. The number of nitriles is 1. The van der Waals surface area contributed by atoms with Gasteiger partial charge in [0, 0.05) is 12.7 Å². The van der Waals surface area contributed by atoms with Crippen molar-refractivity contribution in [2.45, 2.75) is 13.0 Å². The Balaban J connectivity index is 2.59. The number of carbonyl (C=O) groups excluding carboxylic acids is 2. The average molecular weight is 353 g/mol. The molecule has 2 rings (SSSR count). The number of amides is 2. The number of carbonyl (C=O) groups is 2. The van der Waals surface area contributed by atoms with Crippen LogP contribution in [0.4, 0.5) is 4.79 Å². The van der Waals surface area contributed by atoms with Gasteiger partial charge in [-0.2, -0.15) is 5.26 Å². The third-order valence-electron chi connectivity index (χ3n) is 3.82. The number of esters is 1. The topological polar surface area (TPSA) is 118 Å². The number of rotatable bonds is 4. The summed E-state index contributed by atoms with van der Waals surface area (Å²) in [4.78, 5) is 26.1. The maximum absolute atomic E-state index is 12.6. The second kappa shape index (κ2) is 7.98. The Morgan fingerprint density at radius 2 is 2.12 bits per heavy atom. The van der Waals surface area contributed by atoms with Gasteiger partial charge in [0.05, 0.1) is 17.2 Å². The number of urea groups is 1. The van der Waals surface area contributed by atoms with E-state index in [1.807, 2.05) is 6.07 Å². The Bertz CT molecular complexity index is 820. The van der Waals surface area contributed by atoms with E-state index >= 15 is 0 Å². The fraction of sp³-hybridized carbons (Fsp3) is 0.222. The zero-order chi connectivity index (χ0) is 19.3. The van der Waals surface area contributed by atoms with E-state index in [4.69, 9.17) is 15.4 Å². The van der Waals surface area contributed by atoms with Crippen molar-refractivity contribution in [3.05, 3.63) is 59.3 Å². The Morgan fingerprint density at radius 3 is 2.65 bits per heavy atom. The molecule has 0 aromatic heterocycles. The normalized spacial score (nSPS) is 16.4. The Labute approximate surface area is 151 Å². The fourth-order valence-corrected chi connectivity index (χ4v) is 2.64. The summed E-state index contributed by atoms with van der Waals surface area (Å²) in [6.45, 7) is 5.17. The summed E-state index contributed by atoms with van der Waals surface area (Å²) in [6.07, 6.45) is 1.44. The van der Waals surface area contributed by atoms with E-state index in [0.29, 0.717) is 16.8 Å². The Hall–Kier alpha value is -3.60. The lowest BCUT2D eigenvalue weighted by atomic mass is 9.93. The Morgan fingerprint density at radius 1 is 1.46 bits per heavy atom. The van der Waals surface area contributed by atoms with Crippen molar-refractivity contribution < 1.29 is 14.3 Å². The standard InChI is InChI=1S/C18H19N5O3/c1-4-9-26-16(24)14-11(2)22-17(20)23(18(25)21-3)15(14)13-7-5-12(10-19)6-8-13/h4-8,15H,1,9H2,2-3H3,(H2,20,22)(H,21,25).